The van der Waals surface area contributed by atoms with Gasteiger partial charge in [-0.25, -0.2) is 0 Å². The van der Waals surface area contributed by atoms with E-state index in [1.165, 1.54) is 24.8 Å². The number of ether oxygens (including phenoxy) is 3. The number of aromatic nitrogens is 1. The van der Waals surface area contributed by atoms with E-state index in [-0.39, 0.29) is 28.8 Å². The van der Waals surface area contributed by atoms with Gasteiger partial charge in [0.25, 0.3) is 11.6 Å². The molecule has 1 aliphatic heterocycles. The van der Waals surface area contributed by atoms with E-state index < -0.39 is 4.92 Å². The molecule has 0 spiro atoms. The van der Waals surface area contributed by atoms with E-state index >= 15 is 0 Å². The fourth-order valence-corrected chi connectivity index (χ4v) is 4.45. The van der Waals surface area contributed by atoms with Gasteiger partial charge in [-0.1, -0.05) is 0 Å². The van der Waals surface area contributed by atoms with Crippen LogP contribution in [-0.4, -0.2) is 54.6 Å². The molecule has 3 aromatic rings. The molecule has 2 heterocycles. The number of nitro benzene ring substituents is 1. The summed E-state index contributed by atoms with van der Waals surface area (Å²) >= 11 is 0. The van der Waals surface area contributed by atoms with E-state index in [2.05, 4.69) is 4.98 Å². The number of nitro groups is 1. The zero-order chi connectivity index (χ0) is 23.5. The van der Waals surface area contributed by atoms with Crippen LogP contribution in [0.4, 0.5) is 5.69 Å². The molecule has 0 atom stereocenters. The van der Waals surface area contributed by atoms with E-state index in [9.17, 15) is 14.9 Å². The Balaban J connectivity index is 1.55. The molecule has 2 aromatic carbocycles. The van der Waals surface area contributed by atoms with Gasteiger partial charge in [-0.3, -0.25) is 14.9 Å². The monoisotopic (exact) mass is 453 g/mol. The van der Waals surface area contributed by atoms with Crippen molar-refractivity contribution < 1.29 is 23.9 Å². The summed E-state index contributed by atoms with van der Waals surface area (Å²) in [6.07, 6.45) is 3.55. The molecule has 1 N–H and O–H groups in total. The van der Waals surface area contributed by atoms with Gasteiger partial charge in [0.15, 0.2) is 11.5 Å². The second-order valence-electron chi connectivity index (χ2n) is 7.93. The topological polar surface area (TPSA) is 107 Å². The maximum atomic E-state index is 13.3. The standard InChI is InChI=1S/C24H27N3O6/c1-4-33-23-13-21(27(29)30)18(12-22(23)32-3)24(28)26-9-7-15(8-10-26)19-14-25-20-6-5-16(31-2)11-17(19)20/h5-6,11-15,25H,4,7-10H2,1-3H3. The lowest BCUT2D eigenvalue weighted by Crippen LogP contribution is -2.38. The third-order valence-corrected chi connectivity index (χ3v) is 6.15. The van der Waals surface area contributed by atoms with Crippen LogP contribution < -0.4 is 14.2 Å². The first-order chi connectivity index (χ1) is 16.0. The number of H-pyrrole nitrogens is 1. The van der Waals surface area contributed by atoms with Crippen molar-refractivity contribution >= 4 is 22.5 Å². The summed E-state index contributed by atoms with van der Waals surface area (Å²) in [5, 5.41) is 12.8. The quantitative estimate of drug-likeness (QED) is 0.417. The Labute approximate surface area is 191 Å². The third kappa shape index (κ3) is 4.30. The first-order valence-electron chi connectivity index (χ1n) is 10.9. The lowest BCUT2D eigenvalue weighted by atomic mass is 9.89. The number of rotatable bonds is 7. The van der Waals surface area contributed by atoms with Crippen LogP contribution in [-0.2, 0) is 0 Å². The summed E-state index contributed by atoms with van der Waals surface area (Å²) in [6.45, 7) is 3.12. The van der Waals surface area contributed by atoms with Gasteiger partial charge in [0.05, 0.1) is 31.8 Å². The van der Waals surface area contributed by atoms with Crippen LogP contribution in [0.5, 0.6) is 17.2 Å². The molecule has 0 unspecified atom stereocenters. The number of nitrogens with zero attached hydrogens (tertiary/aromatic N) is 2. The fourth-order valence-electron chi connectivity index (χ4n) is 4.45. The van der Waals surface area contributed by atoms with Crippen molar-refractivity contribution in [3.8, 4) is 17.2 Å². The van der Waals surface area contributed by atoms with Crippen LogP contribution in [0.3, 0.4) is 0 Å². The number of likely N-dealkylation sites (tertiary alicyclic amines) is 1. The Bertz CT molecular complexity index is 1180. The Kier molecular flexibility index (Phi) is 6.39. The molecule has 0 saturated carbocycles. The molecule has 1 amide bonds. The fraction of sp³-hybridized carbons (Fsp3) is 0.375. The molecule has 0 bridgehead atoms. The van der Waals surface area contributed by atoms with Gasteiger partial charge < -0.3 is 24.1 Å². The van der Waals surface area contributed by atoms with Crippen LogP contribution in [0.1, 0.15) is 41.6 Å². The molecule has 1 saturated heterocycles. The van der Waals surface area contributed by atoms with E-state index in [1.807, 2.05) is 24.4 Å². The Morgan fingerprint density at radius 3 is 2.55 bits per heavy atom. The number of piperidine rings is 1. The highest BCUT2D eigenvalue weighted by molar-refractivity contribution is 5.99. The van der Waals surface area contributed by atoms with Crippen LogP contribution >= 0.6 is 0 Å². The van der Waals surface area contributed by atoms with Gasteiger partial charge >= 0.3 is 0 Å². The SMILES string of the molecule is CCOc1cc([N+](=O)[O-])c(C(=O)N2CCC(c3c[nH]c4ccc(OC)cc34)CC2)cc1OC. The predicted octanol–water partition coefficient (Wildman–Crippen LogP) is 4.51. The summed E-state index contributed by atoms with van der Waals surface area (Å²) in [5.74, 6) is 1.25. The molecule has 0 radical (unpaired) electrons. The van der Waals surface area contributed by atoms with Crippen molar-refractivity contribution in [2.24, 2.45) is 0 Å². The maximum Gasteiger partial charge on any atom is 0.286 e. The van der Waals surface area contributed by atoms with Crippen molar-refractivity contribution in [1.29, 1.82) is 0 Å². The van der Waals surface area contributed by atoms with Crippen molar-refractivity contribution in [3.63, 3.8) is 0 Å². The van der Waals surface area contributed by atoms with Gasteiger partial charge in [0.2, 0.25) is 0 Å². The molecule has 1 aromatic heterocycles. The van der Waals surface area contributed by atoms with Crippen molar-refractivity contribution in [3.05, 3.63) is 57.8 Å². The number of amides is 1. The maximum absolute atomic E-state index is 13.3. The van der Waals surface area contributed by atoms with Gasteiger partial charge in [0, 0.05) is 36.3 Å². The van der Waals surface area contributed by atoms with Crippen molar-refractivity contribution in [2.45, 2.75) is 25.7 Å². The van der Waals surface area contributed by atoms with Crippen molar-refractivity contribution in [1.82, 2.24) is 9.88 Å². The first-order valence-corrected chi connectivity index (χ1v) is 10.9. The molecular formula is C24H27N3O6. The Morgan fingerprint density at radius 2 is 1.91 bits per heavy atom. The highest BCUT2D eigenvalue weighted by Crippen LogP contribution is 2.38. The predicted molar refractivity (Wildman–Crippen MR) is 124 cm³/mol. The van der Waals surface area contributed by atoms with Crippen LogP contribution in [0.15, 0.2) is 36.5 Å². The van der Waals surface area contributed by atoms with E-state index in [1.54, 1.807) is 18.9 Å². The normalized spacial score (nSPS) is 14.3. The minimum absolute atomic E-state index is 0.00980. The van der Waals surface area contributed by atoms with E-state index in [4.69, 9.17) is 14.2 Å². The largest absolute Gasteiger partial charge is 0.497 e. The zero-order valence-corrected chi connectivity index (χ0v) is 18.9. The molecule has 1 aliphatic rings. The average Bonchev–Trinajstić information content (AvgIpc) is 3.26. The molecule has 9 heteroatoms. The first kappa shape index (κ1) is 22.4. The van der Waals surface area contributed by atoms with E-state index in [0.29, 0.717) is 25.4 Å². The van der Waals surface area contributed by atoms with Gasteiger partial charge in [0.1, 0.15) is 11.3 Å². The van der Waals surface area contributed by atoms with E-state index in [0.717, 1.165) is 29.5 Å². The van der Waals surface area contributed by atoms with Gasteiger partial charge in [-0.15, -0.1) is 0 Å². The van der Waals surface area contributed by atoms with Gasteiger partial charge in [-0.2, -0.15) is 0 Å². The molecule has 9 nitrogen and oxygen atoms in total. The Hall–Kier alpha value is -3.75. The highest BCUT2D eigenvalue weighted by atomic mass is 16.6. The summed E-state index contributed by atoms with van der Waals surface area (Å²) < 4.78 is 16.1. The summed E-state index contributed by atoms with van der Waals surface area (Å²) in [7, 11) is 3.09. The minimum Gasteiger partial charge on any atom is -0.497 e. The zero-order valence-electron chi connectivity index (χ0n) is 18.9. The smallest absolute Gasteiger partial charge is 0.286 e. The summed E-state index contributed by atoms with van der Waals surface area (Å²) in [5.41, 5.74) is 1.97. The minimum atomic E-state index is -0.554. The lowest BCUT2D eigenvalue weighted by Gasteiger charge is -2.32. The van der Waals surface area contributed by atoms with Crippen LogP contribution in [0, 0.1) is 10.1 Å². The Morgan fingerprint density at radius 1 is 1.15 bits per heavy atom. The molecule has 33 heavy (non-hydrogen) atoms. The number of nitrogens with one attached hydrogen (secondary N) is 1. The third-order valence-electron chi connectivity index (χ3n) is 6.15. The highest BCUT2D eigenvalue weighted by Gasteiger charge is 2.31. The summed E-state index contributed by atoms with van der Waals surface area (Å²) in [4.78, 5) is 29.4. The number of carbonyl (C=O) groups is 1. The second kappa shape index (κ2) is 9.40. The molecule has 1 fully saturated rings. The lowest BCUT2D eigenvalue weighted by molar-refractivity contribution is -0.385. The molecule has 0 aliphatic carbocycles. The van der Waals surface area contributed by atoms with Crippen LogP contribution in [0.2, 0.25) is 0 Å². The second-order valence-corrected chi connectivity index (χ2v) is 7.93. The number of fused-ring (bicyclic) bond motifs is 1. The number of hydrogen-bond donors (Lipinski definition) is 1. The number of aromatic amines is 1. The number of hydrogen-bond acceptors (Lipinski definition) is 6. The van der Waals surface area contributed by atoms with Gasteiger partial charge in [-0.05, 0) is 49.4 Å². The molecule has 174 valence electrons. The number of methoxy groups -OCH3 is 2. The molecular weight excluding hydrogens is 426 g/mol. The number of carbonyl (C=O) groups excluding carboxylic acids is 1. The van der Waals surface area contributed by atoms with Crippen LogP contribution in [0.25, 0.3) is 10.9 Å². The summed E-state index contributed by atoms with van der Waals surface area (Å²) in [6, 6.07) is 8.61. The average molecular weight is 453 g/mol. The molecule has 4 rings (SSSR count). The number of benzene rings is 2. The van der Waals surface area contributed by atoms with Crippen molar-refractivity contribution in [2.75, 3.05) is 33.9 Å².